The summed E-state index contributed by atoms with van der Waals surface area (Å²) in [7, 11) is 0. The molecule has 0 saturated heterocycles. The molecule has 1 rings (SSSR count). The molecule has 1 atom stereocenters. The number of aromatic nitrogens is 2. The minimum atomic E-state index is -2.25. The fourth-order valence-corrected chi connectivity index (χ4v) is 0.665. The van der Waals surface area contributed by atoms with Crippen molar-refractivity contribution in [2.45, 2.75) is 5.03 Å². The zero-order valence-electron chi connectivity index (χ0n) is 5.35. The van der Waals surface area contributed by atoms with Crippen LogP contribution in [0.15, 0.2) is 23.6 Å². The Morgan fingerprint density at radius 1 is 1.50 bits per heavy atom. The van der Waals surface area contributed by atoms with Crippen molar-refractivity contribution in [3.05, 3.63) is 18.6 Å². The average molecular weight is 166 g/mol. The molecule has 0 aliphatic carbocycles. The van der Waals surface area contributed by atoms with E-state index in [1.807, 2.05) is 0 Å². The van der Waals surface area contributed by atoms with Gasteiger partial charge in [0.15, 0.2) is 0 Å². The molecule has 1 aromatic rings. The van der Waals surface area contributed by atoms with Crippen LogP contribution in [0.4, 0.5) is 0 Å². The minimum absolute atomic E-state index is 0. The summed E-state index contributed by atoms with van der Waals surface area (Å²) in [6, 6.07) is 0. The zero-order chi connectivity index (χ0) is 6.69. The Balaban J connectivity index is 0.000000810. The van der Waals surface area contributed by atoms with Crippen LogP contribution in [0.1, 0.15) is 0 Å². The molecule has 10 heavy (non-hydrogen) atoms. The van der Waals surface area contributed by atoms with Crippen molar-refractivity contribution in [1.82, 2.24) is 9.97 Å². The number of nitrogens with zero attached hydrogens (tertiary/aromatic N) is 2. The molecule has 0 aliphatic heterocycles. The molecule has 0 aliphatic rings. The van der Waals surface area contributed by atoms with Gasteiger partial charge in [0, 0.05) is 12.4 Å². The summed E-state index contributed by atoms with van der Waals surface area (Å²) in [4.78, 5) is 7.05. The molecular formula is C4H3N2NaO2S. The van der Waals surface area contributed by atoms with Crippen molar-refractivity contribution in [2.24, 2.45) is 0 Å². The minimum Gasteiger partial charge on any atom is -0.767 e. The molecule has 1 heterocycles. The molecule has 0 radical (unpaired) electrons. The summed E-state index contributed by atoms with van der Waals surface area (Å²) in [6.07, 6.45) is 3.92. The van der Waals surface area contributed by atoms with Gasteiger partial charge in [0.2, 0.25) is 0 Å². The number of hydrogen-bond acceptors (Lipinski definition) is 4. The predicted octanol–water partition coefficient (Wildman–Crippen LogP) is -3.28. The van der Waals surface area contributed by atoms with Crippen LogP contribution in [-0.4, -0.2) is 18.7 Å². The topological polar surface area (TPSA) is 65.9 Å². The van der Waals surface area contributed by atoms with Crippen molar-refractivity contribution in [2.75, 3.05) is 0 Å². The zero-order valence-corrected chi connectivity index (χ0v) is 8.17. The standard InChI is InChI=1S/C4H4N2O2S.Na/c7-9(8)4-3-5-1-2-6-4;/h1-3H,(H,7,8);/q;+1/p-1. The van der Waals surface area contributed by atoms with Crippen LogP contribution in [0.3, 0.4) is 0 Å². The van der Waals surface area contributed by atoms with Crippen molar-refractivity contribution in [3.63, 3.8) is 0 Å². The molecule has 0 aromatic carbocycles. The first kappa shape index (κ1) is 10.2. The summed E-state index contributed by atoms with van der Waals surface area (Å²) in [5, 5.41) is -0.0301. The second-order valence-corrected chi connectivity index (χ2v) is 2.17. The van der Waals surface area contributed by atoms with E-state index in [1.165, 1.54) is 18.6 Å². The van der Waals surface area contributed by atoms with Gasteiger partial charge in [0.1, 0.15) is 5.03 Å². The molecular weight excluding hydrogens is 163 g/mol. The molecule has 4 nitrogen and oxygen atoms in total. The summed E-state index contributed by atoms with van der Waals surface area (Å²) in [5.41, 5.74) is 0. The fraction of sp³-hybridized carbons (Fsp3) is 0. The normalized spacial score (nSPS) is 11.7. The first-order chi connectivity index (χ1) is 4.30. The van der Waals surface area contributed by atoms with Crippen molar-refractivity contribution in [3.8, 4) is 0 Å². The summed E-state index contributed by atoms with van der Waals surface area (Å²) in [6.45, 7) is 0. The van der Waals surface area contributed by atoms with Crippen LogP contribution in [0.5, 0.6) is 0 Å². The quantitative estimate of drug-likeness (QED) is 0.324. The van der Waals surface area contributed by atoms with Gasteiger partial charge in [-0.05, 0) is 11.1 Å². The maximum Gasteiger partial charge on any atom is 1.00 e. The molecule has 0 amide bonds. The third kappa shape index (κ3) is 2.85. The Bertz CT molecular complexity index is 218. The predicted molar refractivity (Wildman–Crippen MR) is 29.2 cm³/mol. The Morgan fingerprint density at radius 2 is 2.20 bits per heavy atom. The van der Waals surface area contributed by atoms with Crippen LogP contribution in [0, 0.1) is 0 Å². The van der Waals surface area contributed by atoms with E-state index in [2.05, 4.69) is 9.97 Å². The largest absolute Gasteiger partial charge is 1.00 e. The molecule has 48 valence electrons. The van der Waals surface area contributed by atoms with Gasteiger partial charge in [0.25, 0.3) is 0 Å². The van der Waals surface area contributed by atoms with Crippen molar-refractivity contribution in [1.29, 1.82) is 0 Å². The molecule has 6 heteroatoms. The van der Waals surface area contributed by atoms with Gasteiger partial charge in [-0.15, -0.1) is 0 Å². The molecule has 0 saturated carbocycles. The Morgan fingerprint density at radius 3 is 2.50 bits per heavy atom. The Labute approximate surface area is 82.7 Å². The van der Waals surface area contributed by atoms with Crippen LogP contribution >= 0.6 is 0 Å². The van der Waals surface area contributed by atoms with Gasteiger partial charge in [-0.3, -0.25) is 9.19 Å². The van der Waals surface area contributed by atoms with E-state index in [0.717, 1.165) is 0 Å². The summed E-state index contributed by atoms with van der Waals surface area (Å²) < 4.78 is 20.2. The average Bonchev–Trinajstić information content (AvgIpc) is 1.90. The number of hydrogen-bond donors (Lipinski definition) is 0. The first-order valence-electron chi connectivity index (χ1n) is 2.16. The van der Waals surface area contributed by atoms with Crippen molar-refractivity contribution < 1.29 is 38.3 Å². The molecule has 0 spiro atoms. The van der Waals surface area contributed by atoms with E-state index in [0.29, 0.717) is 0 Å². The maximum atomic E-state index is 10.1. The van der Waals surface area contributed by atoms with Gasteiger partial charge < -0.3 is 4.55 Å². The van der Waals surface area contributed by atoms with Gasteiger partial charge >= 0.3 is 29.6 Å². The Hall–Kier alpha value is 0.190. The van der Waals surface area contributed by atoms with Gasteiger partial charge in [-0.25, -0.2) is 4.98 Å². The fourth-order valence-electron chi connectivity index (χ4n) is 0.371. The maximum absolute atomic E-state index is 10.1. The molecule has 1 unspecified atom stereocenters. The van der Waals surface area contributed by atoms with E-state index in [4.69, 9.17) is 0 Å². The van der Waals surface area contributed by atoms with Crippen LogP contribution in [0.25, 0.3) is 0 Å². The summed E-state index contributed by atoms with van der Waals surface area (Å²) >= 11 is -2.25. The third-order valence-corrected chi connectivity index (χ3v) is 1.26. The van der Waals surface area contributed by atoms with Crippen LogP contribution < -0.4 is 29.6 Å². The van der Waals surface area contributed by atoms with E-state index in [1.54, 1.807) is 0 Å². The Kier molecular flexibility index (Phi) is 5.02. The van der Waals surface area contributed by atoms with Crippen LogP contribution in [-0.2, 0) is 11.1 Å². The molecule has 0 fully saturated rings. The van der Waals surface area contributed by atoms with Gasteiger partial charge in [-0.1, -0.05) is 0 Å². The third-order valence-electron chi connectivity index (χ3n) is 0.710. The van der Waals surface area contributed by atoms with Gasteiger partial charge in [0.05, 0.1) is 6.20 Å². The van der Waals surface area contributed by atoms with E-state index >= 15 is 0 Å². The molecule has 0 bridgehead atoms. The van der Waals surface area contributed by atoms with Gasteiger partial charge in [-0.2, -0.15) is 0 Å². The monoisotopic (exact) mass is 166 g/mol. The van der Waals surface area contributed by atoms with E-state index in [9.17, 15) is 8.76 Å². The van der Waals surface area contributed by atoms with E-state index in [-0.39, 0.29) is 34.6 Å². The second kappa shape index (κ2) is 4.92. The van der Waals surface area contributed by atoms with E-state index < -0.39 is 11.1 Å². The van der Waals surface area contributed by atoms with Crippen LogP contribution in [0.2, 0.25) is 0 Å². The second-order valence-electron chi connectivity index (χ2n) is 1.28. The first-order valence-corrected chi connectivity index (χ1v) is 3.23. The summed E-state index contributed by atoms with van der Waals surface area (Å²) in [5.74, 6) is 0. The van der Waals surface area contributed by atoms with Crippen molar-refractivity contribution >= 4 is 11.1 Å². The molecule has 1 aromatic heterocycles. The molecule has 0 N–H and O–H groups in total. The smallest absolute Gasteiger partial charge is 0.767 e. The number of rotatable bonds is 1. The SMILES string of the molecule is O=S([O-])c1cnccn1.[Na+].